The Morgan fingerprint density at radius 2 is 1.58 bits per heavy atom. The van der Waals surface area contributed by atoms with Crippen LogP contribution in [-0.4, -0.2) is 5.78 Å². The summed E-state index contributed by atoms with van der Waals surface area (Å²) in [7, 11) is 0. The Balaban J connectivity index is 1.99. The molecule has 2 rings (SSSR count). The minimum Gasteiger partial charge on any atom is -0.299 e. The molecule has 2 heteroatoms. The summed E-state index contributed by atoms with van der Waals surface area (Å²) in [4.78, 5) is 11.9. The third-order valence-electron chi connectivity index (χ3n) is 3.18. The Kier molecular flexibility index (Phi) is 4.45. The summed E-state index contributed by atoms with van der Waals surface area (Å²) in [5.41, 5.74) is 2.71. The number of carbonyl (C=O) groups excluding carboxylic acids is 1. The highest BCUT2D eigenvalue weighted by Gasteiger charge is 2.08. The molecule has 0 heterocycles. The van der Waals surface area contributed by atoms with E-state index >= 15 is 0 Å². The van der Waals surface area contributed by atoms with Gasteiger partial charge < -0.3 is 0 Å². The van der Waals surface area contributed by atoms with Gasteiger partial charge in [-0.15, -0.1) is 0 Å². The highest BCUT2D eigenvalue weighted by atomic mass is 19.1. The average Bonchev–Trinajstić information content (AvgIpc) is 2.42. The molecular formula is C17H17FO. The van der Waals surface area contributed by atoms with Crippen LogP contribution >= 0.6 is 0 Å². The molecule has 0 atom stereocenters. The fourth-order valence-electron chi connectivity index (χ4n) is 2.04. The number of benzene rings is 2. The van der Waals surface area contributed by atoms with Gasteiger partial charge in [0.15, 0.2) is 0 Å². The molecule has 0 spiro atoms. The van der Waals surface area contributed by atoms with Gasteiger partial charge in [0.2, 0.25) is 0 Å². The number of rotatable bonds is 5. The highest BCUT2D eigenvalue weighted by Crippen LogP contribution is 2.11. The molecule has 0 aromatic heterocycles. The van der Waals surface area contributed by atoms with Crippen LogP contribution < -0.4 is 0 Å². The van der Waals surface area contributed by atoms with Crippen LogP contribution in [0.1, 0.15) is 23.6 Å². The molecule has 0 aliphatic rings. The van der Waals surface area contributed by atoms with Crippen LogP contribution in [0.5, 0.6) is 0 Å². The van der Waals surface area contributed by atoms with E-state index in [2.05, 4.69) is 6.92 Å². The van der Waals surface area contributed by atoms with E-state index in [1.165, 1.54) is 11.6 Å². The molecule has 0 fully saturated rings. The zero-order valence-electron chi connectivity index (χ0n) is 11.0. The molecule has 2 aromatic rings. The Morgan fingerprint density at radius 1 is 0.947 bits per heavy atom. The number of hydrogen-bond donors (Lipinski definition) is 0. The molecule has 19 heavy (non-hydrogen) atoms. The fraction of sp³-hybridized carbons (Fsp3) is 0.235. The van der Waals surface area contributed by atoms with Crippen molar-refractivity contribution in [2.24, 2.45) is 0 Å². The normalized spacial score (nSPS) is 10.4. The third kappa shape index (κ3) is 3.75. The number of hydrogen-bond acceptors (Lipinski definition) is 1. The van der Waals surface area contributed by atoms with E-state index < -0.39 is 0 Å². The van der Waals surface area contributed by atoms with Crippen molar-refractivity contribution < 1.29 is 9.18 Å². The Hall–Kier alpha value is -1.96. The maximum atomic E-state index is 13.4. The maximum absolute atomic E-state index is 13.4. The summed E-state index contributed by atoms with van der Waals surface area (Å²) in [5, 5.41) is 0. The second-order valence-corrected chi connectivity index (χ2v) is 4.65. The number of Topliss-reactive ketones (excluding diaryl/α,β-unsaturated/α-hetero) is 1. The predicted molar refractivity (Wildman–Crippen MR) is 74.6 cm³/mol. The third-order valence-corrected chi connectivity index (χ3v) is 3.18. The Morgan fingerprint density at radius 3 is 2.21 bits per heavy atom. The van der Waals surface area contributed by atoms with E-state index in [1.54, 1.807) is 18.2 Å². The van der Waals surface area contributed by atoms with Crippen molar-refractivity contribution in [3.63, 3.8) is 0 Å². The monoisotopic (exact) mass is 256 g/mol. The first-order valence-electron chi connectivity index (χ1n) is 6.52. The number of ketones is 1. The SMILES string of the molecule is CCc1ccc(CC(=O)Cc2ccccc2F)cc1. The highest BCUT2D eigenvalue weighted by molar-refractivity contribution is 5.83. The molecule has 0 aliphatic carbocycles. The summed E-state index contributed by atoms with van der Waals surface area (Å²) in [6, 6.07) is 14.4. The fourth-order valence-corrected chi connectivity index (χ4v) is 2.04. The van der Waals surface area contributed by atoms with Crippen molar-refractivity contribution in [2.45, 2.75) is 26.2 Å². The summed E-state index contributed by atoms with van der Waals surface area (Å²) >= 11 is 0. The predicted octanol–water partition coefficient (Wildman–Crippen LogP) is 3.74. The van der Waals surface area contributed by atoms with Crippen molar-refractivity contribution in [3.8, 4) is 0 Å². The van der Waals surface area contributed by atoms with Crippen LogP contribution in [0.4, 0.5) is 4.39 Å². The minimum atomic E-state index is -0.308. The van der Waals surface area contributed by atoms with Crippen LogP contribution in [0.25, 0.3) is 0 Å². The summed E-state index contributed by atoms with van der Waals surface area (Å²) in [6.07, 6.45) is 1.50. The van der Waals surface area contributed by atoms with Gasteiger partial charge in [-0.3, -0.25) is 4.79 Å². The smallest absolute Gasteiger partial charge is 0.141 e. The Bertz CT molecular complexity index is 558. The van der Waals surface area contributed by atoms with Gasteiger partial charge in [-0.2, -0.15) is 0 Å². The first-order chi connectivity index (χ1) is 9.19. The molecule has 0 N–H and O–H groups in total. The second-order valence-electron chi connectivity index (χ2n) is 4.65. The molecule has 0 radical (unpaired) electrons. The molecule has 0 aliphatic heterocycles. The van der Waals surface area contributed by atoms with Crippen LogP contribution in [0.3, 0.4) is 0 Å². The van der Waals surface area contributed by atoms with Crippen LogP contribution in [0.15, 0.2) is 48.5 Å². The number of aryl methyl sites for hydroxylation is 1. The average molecular weight is 256 g/mol. The lowest BCUT2D eigenvalue weighted by molar-refractivity contribution is -0.117. The summed E-state index contributed by atoms with van der Waals surface area (Å²) in [5.74, 6) is -0.272. The van der Waals surface area contributed by atoms with Gasteiger partial charge in [0, 0.05) is 12.8 Å². The zero-order chi connectivity index (χ0) is 13.7. The largest absolute Gasteiger partial charge is 0.299 e. The zero-order valence-corrected chi connectivity index (χ0v) is 11.0. The number of halogens is 1. The van der Waals surface area contributed by atoms with Crippen molar-refractivity contribution in [1.82, 2.24) is 0 Å². The molecule has 0 saturated heterocycles. The molecule has 0 bridgehead atoms. The summed E-state index contributed by atoms with van der Waals surface area (Å²) in [6.45, 7) is 2.10. The van der Waals surface area contributed by atoms with Crippen LogP contribution in [0.2, 0.25) is 0 Å². The van der Waals surface area contributed by atoms with Crippen LogP contribution in [-0.2, 0) is 24.1 Å². The lowest BCUT2D eigenvalue weighted by atomic mass is 10.0. The van der Waals surface area contributed by atoms with E-state index in [9.17, 15) is 9.18 Å². The van der Waals surface area contributed by atoms with Crippen molar-refractivity contribution in [3.05, 3.63) is 71.0 Å². The minimum absolute atomic E-state index is 0.0364. The van der Waals surface area contributed by atoms with E-state index in [-0.39, 0.29) is 18.0 Å². The second kappa shape index (κ2) is 6.28. The van der Waals surface area contributed by atoms with Gasteiger partial charge in [0.05, 0.1) is 0 Å². The lowest BCUT2D eigenvalue weighted by Crippen LogP contribution is -2.07. The number of carbonyl (C=O) groups is 1. The molecule has 1 nitrogen and oxygen atoms in total. The van der Waals surface area contributed by atoms with Gasteiger partial charge in [0.1, 0.15) is 11.6 Å². The standard InChI is InChI=1S/C17H17FO/c1-2-13-7-9-14(10-8-13)11-16(19)12-15-5-3-4-6-17(15)18/h3-10H,2,11-12H2,1H3. The van der Waals surface area contributed by atoms with Gasteiger partial charge in [-0.05, 0) is 29.2 Å². The first kappa shape index (κ1) is 13.5. The molecule has 0 unspecified atom stereocenters. The van der Waals surface area contributed by atoms with Gasteiger partial charge in [-0.25, -0.2) is 4.39 Å². The molecule has 98 valence electrons. The first-order valence-corrected chi connectivity index (χ1v) is 6.52. The van der Waals surface area contributed by atoms with Gasteiger partial charge in [0.25, 0.3) is 0 Å². The van der Waals surface area contributed by atoms with E-state index in [0.29, 0.717) is 12.0 Å². The topological polar surface area (TPSA) is 17.1 Å². The van der Waals surface area contributed by atoms with E-state index in [4.69, 9.17) is 0 Å². The lowest BCUT2D eigenvalue weighted by Gasteiger charge is -2.04. The van der Waals surface area contributed by atoms with Crippen molar-refractivity contribution >= 4 is 5.78 Å². The van der Waals surface area contributed by atoms with Crippen molar-refractivity contribution in [2.75, 3.05) is 0 Å². The quantitative estimate of drug-likeness (QED) is 0.796. The maximum Gasteiger partial charge on any atom is 0.141 e. The van der Waals surface area contributed by atoms with E-state index in [0.717, 1.165) is 12.0 Å². The molecular weight excluding hydrogens is 239 g/mol. The summed E-state index contributed by atoms with van der Waals surface area (Å²) < 4.78 is 13.4. The molecule has 2 aromatic carbocycles. The molecule has 0 saturated carbocycles. The Labute approximate surface area is 113 Å². The van der Waals surface area contributed by atoms with Crippen LogP contribution in [0, 0.1) is 5.82 Å². The van der Waals surface area contributed by atoms with Gasteiger partial charge >= 0.3 is 0 Å². The van der Waals surface area contributed by atoms with Gasteiger partial charge in [-0.1, -0.05) is 49.4 Å². The van der Waals surface area contributed by atoms with Crippen molar-refractivity contribution in [1.29, 1.82) is 0 Å². The van der Waals surface area contributed by atoms with E-state index in [1.807, 2.05) is 24.3 Å². The molecule has 0 amide bonds.